The Labute approximate surface area is 76.2 Å². The molecule has 2 aliphatic rings. The third kappa shape index (κ3) is 1.25. The first-order valence-corrected chi connectivity index (χ1v) is 4.43. The van der Waals surface area contributed by atoms with E-state index in [-0.39, 0.29) is 12.2 Å². The summed E-state index contributed by atoms with van der Waals surface area (Å²) < 4.78 is 16.4. The van der Waals surface area contributed by atoms with Crippen molar-refractivity contribution in [2.75, 3.05) is 13.2 Å². The molecule has 0 spiro atoms. The molecule has 2 atom stereocenters. The molecule has 0 amide bonds. The van der Waals surface area contributed by atoms with Crippen molar-refractivity contribution in [2.45, 2.75) is 12.2 Å². The number of epoxide rings is 1. The molecule has 3 rings (SSSR count). The van der Waals surface area contributed by atoms with E-state index < -0.39 is 0 Å². The van der Waals surface area contributed by atoms with Gasteiger partial charge in [-0.2, -0.15) is 0 Å². The average Bonchev–Trinajstić information content (AvgIpc) is 3.00. The van der Waals surface area contributed by atoms with Gasteiger partial charge in [-0.25, -0.2) is 0 Å². The molecule has 0 bridgehead atoms. The third-order valence-electron chi connectivity index (χ3n) is 2.30. The van der Waals surface area contributed by atoms with Crippen LogP contribution in [0.5, 0.6) is 11.5 Å². The molecule has 1 aromatic carbocycles. The molecule has 68 valence electrons. The van der Waals surface area contributed by atoms with Crippen molar-refractivity contribution >= 4 is 0 Å². The minimum absolute atomic E-state index is 0.0786. The second-order valence-corrected chi connectivity index (χ2v) is 3.29. The van der Waals surface area contributed by atoms with Crippen LogP contribution in [0.15, 0.2) is 24.3 Å². The molecule has 1 aromatic rings. The molecular weight excluding hydrogens is 168 g/mol. The first kappa shape index (κ1) is 7.21. The summed E-state index contributed by atoms with van der Waals surface area (Å²) in [5.41, 5.74) is 0. The van der Waals surface area contributed by atoms with Gasteiger partial charge >= 0.3 is 0 Å². The molecule has 1 fully saturated rings. The average molecular weight is 178 g/mol. The van der Waals surface area contributed by atoms with Crippen LogP contribution < -0.4 is 9.47 Å². The van der Waals surface area contributed by atoms with Gasteiger partial charge < -0.3 is 14.2 Å². The van der Waals surface area contributed by atoms with Crippen LogP contribution in [-0.2, 0) is 4.74 Å². The second kappa shape index (κ2) is 2.64. The smallest absolute Gasteiger partial charge is 0.161 e. The molecule has 3 heteroatoms. The fourth-order valence-electron chi connectivity index (χ4n) is 1.49. The third-order valence-corrected chi connectivity index (χ3v) is 2.30. The van der Waals surface area contributed by atoms with Crippen molar-refractivity contribution in [3.8, 4) is 11.5 Å². The minimum Gasteiger partial charge on any atom is -0.486 e. The predicted octanol–water partition coefficient (Wildman–Crippen LogP) is 1.23. The highest BCUT2D eigenvalue weighted by molar-refractivity contribution is 5.40. The molecule has 0 aliphatic carbocycles. The van der Waals surface area contributed by atoms with Crippen LogP contribution in [0, 0.1) is 0 Å². The summed E-state index contributed by atoms with van der Waals surface area (Å²) in [4.78, 5) is 0. The summed E-state index contributed by atoms with van der Waals surface area (Å²) in [6.45, 7) is 1.40. The second-order valence-electron chi connectivity index (χ2n) is 3.29. The van der Waals surface area contributed by atoms with Gasteiger partial charge in [-0.05, 0) is 12.1 Å². The maximum Gasteiger partial charge on any atom is 0.161 e. The number of para-hydroxylation sites is 2. The molecule has 1 saturated heterocycles. The summed E-state index contributed by atoms with van der Waals surface area (Å²) in [5.74, 6) is 1.66. The summed E-state index contributed by atoms with van der Waals surface area (Å²) in [6.07, 6.45) is 0.322. The van der Waals surface area contributed by atoms with E-state index in [1.165, 1.54) is 0 Å². The molecule has 2 unspecified atom stereocenters. The van der Waals surface area contributed by atoms with Crippen LogP contribution in [0.1, 0.15) is 0 Å². The van der Waals surface area contributed by atoms with E-state index in [2.05, 4.69) is 0 Å². The number of ether oxygens (including phenoxy) is 3. The lowest BCUT2D eigenvalue weighted by Gasteiger charge is -2.25. The summed E-state index contributed by atoms with van der Waals surface area (Å²) in [7, 11) is 0. The lowest BCUT2D eigenvalue weighted by atomic mass is 10.2. The van der Waals surface area contributed by atoms with Crippen LogP contribution in [0.25, 0.3) is 0 Å². The first-order chi connectivity index (χ1) is 6.43. The fraction of sp³-hybridized carbons (Fsp3) is 0.400. The Morgan fingerprint density at radius 2 is 1.77 bits per heavy atom. The van der Waals surface area contributed by atoms with E-state index in [0.717, 1.165) is 18.1 Å². The molecule has 3 nitrogen and oxygen atoms in total. The first-order valence-electron chi connectivity index (χ1n) is 4.43. The van der Waals surface area contributed by atoms with Gasteiger partial charge in [0.25, 0.3) is 0 Å². The number of benzene rings is 1. The van der Waals surface area contributed by atoms with Crippen LogP contribution in [0.4, 0.5) is 0 Å². The molecule has 0 saturated carbocycles. The zero-order valence-corrected chi connectivity index (χ0v) is 7.10. The molecular formula is C10H10O3. The Balaban J connectivity index is 1.85. The van der Waals surface area contributed by atoms with E-state index in [1.54, 1.807) is 0 Å². The highest BCUT2D eigenvalue weighted by Crippen LogP contribution is 2.33. The fourth-order valence-corrected chi connectivity index (χ4v) is 1.49. The normalized spacial score (nSPS) is 29.8. The lowest BCUT2D eigenvalue weighted by Crippen LogP contribution is -2.33. The Hall–Kier alpha value is -1.22. The Morgan fingerprint density at radius 3 is 2.54 bits per heavy atom. The van der Waals surface area contributed by atoms with Crippen LogP contribution >= 0.6 is 0 Å². The van der Waals surface area contributed by atoms with Crippen molar-refractivity contribution in [2.24, 2.45) is 0 Å². The van der Waals surface area contributed by atoms with Gasteiger partial charge in [-0.3, -0.25) is 0 Å². The molecule has 2 heterocycles. The number of hydrogen-bond donors (Lipinski definition) is 0. The van der Waals surface area contributed by atoms with Crippen molar-refractivity contribution in [1.29, 1.82) is 0 Å². The highest BCUT2D eigenvalue weighted by Gasteiger charge is 2.37. The zero-order chi connectivity index (χ0) is 8.67. The zero-order valence-electron chi connectivity index (χ0n) is 7.10. The Morgan fingerprint density at radius 1 is 1.00 bits per heavy atom. The van der Waals surface area contributed by atoms with Crippen molar-refractivity contribution in [3.05, 3.63) is 24.3 Å². The predicted molar refractivity (Wildman–Crippen MR) is 46.1 cm³/mol. The van der Waals surface area contributed by atoms with E-state index >= 15 is 0 Å². The molecule has 0 radical (unpaired) electrons. The highest BCUT2D eigenvalue weighted by atomic mass is 16.6. The SMILES string of the molecule is c1ccc2c(c1)OCC(C1CO1)O2. The van der Waals surface area contributed by atoms with Crippen LogP contribution in [0.2, 0.25) is 0 Å². The lowest BCUT2D eigenvalue weighted by molar-refractivity contribution is 0.0690. The van der Waals surface area contributed by atoms with Gasteiger partial charge in [-0.1, -0.05) is 12.1 Å². The topological polar surface area (TPSA) is 31.0 Å². The van der Waals surface area contributed by atoms with Crippen molar-refractivity contribution < 1.29 is 14.2 Å². The maximum atomic E-state index is 5.71. The number of rotatable bonds is 1. The summed E-state index contributed by atoms with van der Waals surface area (Å²) >= 11 is 0. The van der Waals surface area contributed by atoms with Gasteiger partial charge in [0.2, 0.25) is 0 Å². The summed E-state index contributed by atoms with van der Waals surface area (Å²) in [6, 6.07) is 7.72. The molecule has 2 aliphatic heterocycles. The standard InChI is InChI=1S/C10H10O3/c1-2-4-8-7(3-1)11-6-10(13-8)9-5-12-9/h1-4,9-10H,5-6H2. The van der Waals surface area contributed by atoms with Crippen molar-refractivity contribution in [3.63, 3.8) is 0 Å². The quantitative estimate of drug-likeness (QED) is 0.606. The van der Waals surface area contributed by atoms with E-state index in [9.17, 15) is 0 Å². The van der Waals surface area contributed by atoms with Crippen LogP contribution in [-0.4, -0.2) is 25.4 Å². The van der Waals surface area contributed by atoms with Gasteiger partial charge in [-0.15, -0.1) is 0 Å². The number of hydrogen-bond acceptors (Lipinski definition) is 3. The maximum absolute atomic E-state index is 5.71. The van der Waals surface area contributed by atoms with E-state index in [0.29, 0.717) is 6.61 Å². The minimum atomic E-state index is 0.0786. The van der Waals surface area contributed by atoms with Crippen LogP contribution in [0.3, 0.4) is 0 Å². The van der Waals surface area contributed by atoms with Gasteiger partial charge in [0.1, 0.15) is 12.7 Å². The molecule has 0 aromatic heterocycles. The summed E-state index contributed by atoms with van der Waals surface area (Å²) in [5, 5.41) is 0. The molecule has 13 heavy (non-hydrogen) atoms. The van der Waals surface area contributed by atoms with Gasteiger partial charge in [0.15, 0.2) is 17.6 Å². The van der Waals surface area contributed by atoms with Gasteiger partial charge in [0.05, 0.1) is 6.61 Å². The molecule has 0 N–H and O–H groups in total. The number of fused-ring (bicyclic) bond motifs is 1. The largest absolute Gasteiger partial charge is 0.486 e. The van der Waals surface area contributed by atoms with E-state index in [4.69, 9.17) is 14.2 Å². The monoisotopic (exact) mass is 178 g/mol. The Bertz CT molecular complexity index is 320. The Kier molecular flexibility index (Phi) is 1.46. The van der Waals surface area contributed by atoms with Gasteiger partial charge in [0, 0.05) is 0 Å². The van der Waals surface area contributed by atoms with E-state index in [1.807, 2.05) is 24.3 Å². The van der Waals surface area contributed by atoms with Crippen molar-refractivity contribution in [1.82, 2.24) is 0 Å².